The number of methoxy groups -OCH3 is 2. The lowest BCUT2D eigenvalue weighted by Gasteiger charge is -2.42. The molecular formula is C44H64ClN3O10S2. The largest absolute Gasteiger partial charge is 0.495 e. The van der Waals surface area contributed by atoms with Gasteiger partial charge in [-0.1, -0.05) is 80.8 Å². The van der Waals surface area contributed by atoms with Crippen LogP contribution in [0.15, 0.2) is 35.9 Å². The molecule has 1 saturated carbocycles. The van der Waals surface area contributed by atoms with Crippen LogP contribution in [0.3, 0.4) is 0 Å². The SMILES string of the molecule is COc1cc2cc(c1Cl)N(C)C(=O)C[C@H](OC(=O)[C@H](C)N(C)C(=O)CCC(C)(C)SSC(=O)C(C)(C)C)[C@@]1(C)C[C@H]1[C@H](C)[C@@H]1C[C@@](O)(NC(=O)O1)[C@H](OC)/C=C/C=C(\C)C2. The summed E-state index contributed by atoms with van der Waals surface area (Å²) >= 11 is 6.82. The number of nitrogens with one attached hydrogen (secondary N) is 1. The number of fused-ring (bicyclic) bond motifs is 5. The van der Waals surface area contributed by atoms with Crippen molar-refractivity contribution < 1.29 is 48.0 Å². The zero-order valence-electron chi connectivity index (χ0n) is 37.3. The molecule has 3 aliphatic rings. The first-order valence-corrected chi connectivity index (χ1v) is 22.9. The van der Waals surface area contributed by atoms with E-state index in [2.05, 4.69) is 5.32 Å². The van der Waals surface area contributed by atoms with Gasteiger partial charge in [-0.15, -0.1) is 0 Å². The van der Waals surface area contributed by atoms with Crippen molar-refractivity contribution in [1.29, 1.82) is 0 Å². The van der Waals surface area contributed by atoms with Crippen LogP contribution in [0.5, 0.6) is 5.75 Å². The molecule has 2 N–H and O–H groups in total. The molecule has 3 amide bonds. The number of hydrogen-bond acceptors (Lipinski definition) is 12. The zero-order chi connectivity index (χ0) is 45.1. The Bertz CT molecular complexity index is 1870. The monoisotopic (exact) mass is 893 g/mol. The van der Waals surface area contributed by atoms with Crippen molar-refractivity contribution in [3.8, 4) is 5.75 Å². The molecule has 60 heavy (non-hydrogen) atoms. The number of benzene rings is 1. The van der Waals surface area contributed by atoms with Crippen LogP contribution in [0.25, 0.3) is 0 Å². The van der Waals surface area contributed by atoms with Crippen LogP contribution in [0.2, 0.25) is 5.02 Å². The van der Waals surface area contributed by atoms with Gasteiger partial charge in [0.2, 0.25) is 16.9 Å². The van der Waals surface area contributed by atoms with Crippen molar-refractivity contribution in [3.05, 3.63) is 46.5 Å². The molecule has 1 saturated heterocycles. The number of amides is 3. The Morgan fingerprint density at radius 2 is 1.82 bits per heavy atom. The molecule has 4 bridgehead atoms. The van der Waals surface area contributed by atoms with Crippen LogP contribution in [-0.4, -0.2) is 102 Å². The number of carbonyl (C=O) groups is 5. The molecular weight excluding hydrogens is 830 g/mol. The van der Waals surface area contributed by atoms with E-state index in [0.717, 1.165) is 11.1 Å². The molecule has 1 aromatic carbocycles. The molecule has 2 fully saturated rings. The van der Waals surface area contributed by atoms with Crippen molar-refractivity contribution in [2.24, 2.45) is 22.7 Å². The second-order valence-corrected chi connectivity index (χ2v) is 21.6. The second-order valence-electron chi connectivity index (χ2n) is 18.5. The smallest absolute Gasteiger partial charge is 0.409 e. The number of nitrogens with zero attached hydrogens (tertiary/aromatic N) is 2. The summed E-state index contributed by atoms with van der Waals surface area (Å²) in [5.74, 6) is -1.45. The Kier molecular flexibility index (Phi) is 16.0. The van der Waals surface area contributed by atoms with Gasteiger partial charge in [-0.2, -0.15) is 0 Å². The maximum absolute atomic E-state index is 14.3. The van der Waals surface area contributed by atoms with Crippen LogP contribution in [0, 0.1) is 22.7 Å². The molecule has 2 heterocycles. The number of ether oxygens (including phenoxy) is 4. The van der Waals surface area contributed by atoms with Gasteiger partial charge in [0, 0.05) is 49.6 Å². The number of allylic oxidation sites excluding steroid dienone is 3. The highest BCUT2D eigenvalue weighted by molar-refractivity contribution is 8.82. The molecule has 8 atom stereocenters. The van der Waals surface area contributed by atoms with E-state index in [1.165, 1.54) is 45.6 Å². The summed E-state index contributed by atoms with van der Waals surface area (Å²) in [6.07, 6.45) is 3.33. The van der Waals surface area contributed by atoms with E-state index in [1.807, 2.05) is 67.5 Å². The van der Waals surface area contributed by atoms with Crippen molar-refractivity contribution in [1.82, 2.24) is 10.2 Å². The van der Waals surface area contributed by atoms with Gasteiger partial charge in [-0.05, 0) is 87.3 Å². The molecule has 334 valence electrons. The number of rotatable bonds is 10. The van der Waals surface area contributed by atoms with Crippen LogP contribution in [-0.2, 0) is 39.8 Å². The van der Waals surface area contributed by atoms with E-state index in [9.17, 15) is 29.1 Å². The highest BCUT2D eigenvalue weighted by atomic mass is 35.5. The zero-order valence-corrected chi connectivity index (χ0v) is 39.7. The minimum Gasteiger partial charge on any atom is -0.495 e. The Labute approximate surface area is 368 Å². The van der Waals surface area contributed by atoms with Crippen molar-refractivity contribution >= 4 is 67.9 Å². The third kappa shape index (κ3) is 11.8. The summed E-state index contributed by atoms with van der Waals surface area (Å²) in [6.45, 7) is 16.9. The topological polar surface area (TPSA) is 161 Å². The van der Waals surface area contributed by atoms with Gasteiger partial charge in [0.15, 0.2) is 5.72 Å². The van der Waals surface area contributed by atoms with E-state index in [4.69, 9.17) is 30.5 Å². The minimum absolute atomic E-state index is 0.0130. The van der Waals surface area contributed by atoms with Gasteiger partial charge in [0.25, 0.3) is 0 Å². The predicted molar refractivity (Wildman–Crippen MR) is 237 cm³/mol. The number of hydrogen-bond donors (Lipinski definition) is 2. The van der Waals surface area contributed by atoms with Crippen LogP contribution in [0.1, 0.15) is 100.0 Å². The quantitative estimate of drug-likeness (QED) is 0.173. The normalized spacial score (nSPS) is 29.5. The molecule has 1 aromatic rings. The van der Waals surface area contributed by atoms with Gasteiger partial charge in [0.05, 0.1) is 19.2 Å². The number of halogens is 1. The minimum atomic E-state index is -1.79. The first kappa shape index (κ1) is 49.4. The summed E-state index contributed by atoms with van der Waals surface area (Å²) in [6, 6.07) is 2.64. The van der Waals surface area contributed by atoms with Gasteiger partial charge in [-0.25, -0.2) is 9.59 Å². The molecule has 0 radical (unpaired) electrons. The van der Waals surface area contributed by atoms with Crippen molar-refractivity contribution in [2.45, 2.75) is 136 Å². The van der Waals surface area contributed by atoms with Crippen LogP contribution in [0.4, 0.5) is 10.5 Å². The fourth-order valence-corrected chi connectivity index (χ4v) is 10.6. The Hall–Kier alpha value is -3.24. The third-order valence-electron chi connectivity index (χ3n) is 12.1. The number of anilines is 1. The lowest BCUT2D eigenvalue weighted by atomic mass is 9.83. The van der Waals surface area contributed by atoms with E-state index >= 15 is 0 Å². The number of carbonyl (C=O) groups excluding carboxylic acids is 5. The first-order valence-electron chi connectivity index (χ1n) is 20.3. The summed E-state index contributed by atoms with van der Waals surface area (Å²) in [5, 5.41) is 14.7. The molecule has 0 unspecified atom stereocenters. The summed E-state index contributed by atoms with van der Waals surface area (Å²) in [5.41, 5.74) is -0.855. The maximum Gasteiger partial charge on any atom is 0.409 e. The van der Waals surface area contributed by atoms with Crippen LogP contribution < -0.4 is 15.0 Å². The average Bonchev–Trinajstić information content (AvgIpc) is 3.87. The number of likely N-dealkylation sites (N-methyl/N-ethyl adjacent to an activating group) is 1. The van der Waals surface area contributed by atoms with E-state index in [-0.39, 0.29) is 53.1 Å². The number of esters is 1. The lowest BCUT2D eigenvalue weighted by Crippen LogP contribution is -2.63. The summed E-state index contributed by atoms with van der Waals surface area (Å²) in [4.78, 5) is 70.1. The fraction of sp³-hybridized carbons (Fsp3) is 0.659. The lowest BCUT2D eigenvalue weighted by molar-refractivity contribution is -0.163. The number of aliphatic hydroxyl groups is 1. The van der Waals surface area contributed by atoms with Crippen molar-refractivity contribution in [3.63, 3.8) is 0 Å². The van der Waals surface area contributed by atoms with Gasteiger partial charge in [-0.3, -0.25) is 19.7 Å². The molecule has 1 aliphatic carbocycles. The molecule has 13 nitrogen and oxygen atoms in total. The predicted octanol–water partition coefficient (Wildman–Crippen LogP) is 7.90. The van der Waals surface area contributed by atoms with Gasteiger partial charge < -0.3 is 33.9 Å². The first-order chi connectivity index (χ1) is 27.8. The van der Waals surface area contributed by atoms with E-state index in [1.54, 1.807) is 39.2 Å². The Morgan fingerprint density at radius 3 is 2.43 bits per heavy atom. The standard InChI is InChI=1S/C44H64ClN3O10S2/c1-25-15-14-16-33(56-13)44(54)24-32(57-40(53)46-44)26(2)29-23-43(29,9)34(22-36(50)48(11)30-20-28(19-25)21-31(55-12)37(30)45)58-38(51)27(3)47(10)35(49)17-18-42(7,8)60-59-39(52)41(4,5)6/h14-16,20-21,26-27,29,32-34,54H,17-19,22-24H2,1-13H3,(H,46,53)/b16-14+,25-15+/t26-,27-,29-,32-,33+,34-,43-,44-/m0/s1. The van der Waals surface area contributed by atoms with Gasteiger partial charge in [0.1, 0.15) is 35.1 Å². The Morgan fingerprint density at radius 1 is 1.15 bits per heavy atom. The van der Waals surface area contributed by atoms with Crippen LogP contribution >= 0.6 is 33.2 Å². The van der Waals surface area contributed by atoms with E-state index in [0.29, 0.717) is 30.7 Å². The van der Waals surface area contributed by atoms with Crippen molar-refractivity contribution in [2.75, 3.05) is 33.2 Å². The highest BCUT2D eigenvalue weighted by Crippen LogP contribution is 2.61. The molecule has 4 rings (SSSR count). The fourth-order valence-electron chi connectivity index (χ4n) is 7.68. The third-order valence-corrected chi connectivity index (χ3v) is 16.1. The highest BCUT2D eigenvalue weighted by Gasteiger charge is 2.62. The number of alkyl carbamates (subject to hydrolysis) is 1. The second kappa shape index (κ2) is 19.4. The van der Waals surface area contributed by atoms with Gasteiger partial charge >= 0.3 is 12.1 Å². The van der Waals surface area contributed by atoms with E-state index < -0.39 is 57.7 Å². The Balaban J connectivity index is 1.65. The maximum atomic E-state index is 14.3. The summed E-state index contributed by atoms with van der Waals surface area (Å²) in [7, 11) is 8.73. The molecule has 0 spiro atoms. The summed E-state index contributed by atoms with van der Waals surface area (Å²) < 4.78 is 23.0. The molecule has 16 heteroatoms. The molecule has 2 aliphatic heterocycles. The average molecular weight is 895 g/mol. The molecule has 0 aromatic heterocycles.